The van der Waals surface area contributed by atoms with Crippen molar-refractivity contribution in [2.24, 2.45) is 0 Å². The van der Waals surface area contributed by atoms with E-state index in [4.69, 9.17) is 4.74 Å². The Labute approximate surface area is 175 Å². The number of carbonyl (C=O) groups excluding carboxylic acids is 1. The minimum absolute atomic E-state index is 0.487. The Morgan fingerprint density at radius 2 is 1.83 bits per heavy atom. The van der Waals surface area contributed by atoms with E-state index in [0.29, 0.717) is 5.75 Å². The van der Waals surface area contributed by atoms with Gasteiger partial charge in [-0.05, 0) is 41.3 Å². The molecular formula is C26H22N2O2. The molecule has 0 unspecified atom stereocenters. The first-order valence-corrected chi connectivity index (χ1v) is 9.87. The quantitative estimate of drug-likeness (QED) is 0.188. The number of nitrogens with zero attached hydrogens (tertiary/aromatic N) is 1. The van der Waals surface area contributed by atoms with Crippen LogP contribution in [0.4, 0.5) is 0 Å². The largest absolute Gasteiger partial charge is 0.423 e. The highest BCUT2D eigenvalue weighted by molar-refractivity contribution is 6.01. The maximum Gasteiger partial charge on any atom is 0.335 e. The number of hydrogen-bond donors (Lipinski definition) is 1. The van der Waals surface area contributed by atoms with Crippen LogP contribution in [0.3, 0.4) is 0 Å². The van der Waals surface area contributed by atoms with Gasteiger partial charge < -0.3 is 9.72 Å². The first-order chi connectivity index (χ1) is 14.7. The van der Waals surface area contributed by atoms with Crippen LogP contribution in [0.2, 0.25) is 0 Å². The number of aromatic nitrogens is 2. The number of fused-ring (bicyclic) bond motifs is 1. The zero-order valence-electron chi connectivity index (χ0n) is 16.8. The molecule has 0 aliphatic rings. The molecule has 0 saturated carbocycles. The van der Waals surface area contributed by atoms with Crippen LogP contribution in [0.1, 0.15) is 30.0 Å². The van der Waals surface area contributed by atoms with Gasteiger partial charge in [0.15, 0.2) is 0 Å². The second-order valence-corrected chi connectivity index (χ2v) is 6.83. The number of benzene rings is 2. The van der Waals surface area contributed by atoms with E-state index in [2.05, 4.69) is 41.7 Å². The predicted octanol–water partition coefficient (Wildman–Crippen LogP) is 6.02. The van der Waals surface area contributed by atoms with Crippen molar-refractivity contribution < 1.29 is 9.53 Å². The summed E-state index contributed by atoms with van der Waals surface area (Å²) in [6.07, 6.45) is 5.71. The van der Waals surface area contributed by atoms with Crippen LogP contribution in [0.5, 0.6) is 5.75 Å². The van der Waals surface area contributed by atoms with Crippen molar-refractivity contribution in [3.8, 4) is 5.75 Å². The molecule has 0 aliphatic carbocycles. The van der Waals surface area contributed by atoms with Gasteiger partial charge in [0.25, 0.3) is 0 Å². The number of aromatic amines is 1. The highest BCUT2D eigenvalue weighted by Crippen LogP contribution is 2.39. The lowest BCUT2D eigenvalue weighted by Gasteiger charge is -2.18. The highest BCUT2D eigenvalue weighted by atomic mass is 16.5. The number of H-pyrrole nitrogens is 1. The molecule has 0 atom stereocenters. The summed E-state index contributed by atoms with van der Waals surface area (Å²) in [6.45, 7) is 5.64. The summed E-state index contributed by atoms with van der Waals surface area (Å²) in [5.74, 6) is 0.00668. The molecule has 1 N–H and O–H groups in total. The standard InChI is InChI=1S/C26H22N2O2/c1-3-21(18-10-6-5-7-11-18)25(20-16-19-14-15-27-26(19)28-17-20)22-12-8-9-13-23(22)30-24(29)4-2/h4-17H,2-3H2,1H3,(H,27,28)/b25-21+. The Hall–Kier alpha value is -3.92. The molecule has 148 valence electrons. The normalized spacial score (nSPS) is 11.8. The van der Waals surface area contributed by atoms with Gasteiger partial charge in [-0.1, -0.05) is 62.0 Å². The summed E-state index contributed by atoms with van der Waals surface area (Å²) >= 11 is 0. The summed E-state index contributed by atoms with van der Waals surface area (Å²) in [4.78, 5) is 19.7. The fraction of sp³-hybridized carbons (Fsp3) is 0.0769. The van der Waals surface area contributed by atoms with Gasteiger partial charge in [0.05, 0.1) is 0 Å². The van der Waals surface area contributed by atoms with E-state index < -0.39 is 5.97 Å². The van der Waals surface area contributed by atoms with Gasteiger partial charge in [0.2, 0.25) is 0 Å². The molecule has 0 amide bonds. The first kappa shape index (κ1) is 19.4. The second-order valence-electron chi connectivity index (χ2n) is 6.83. The number of esters is 1. The van der Waals surface area contributed by atoms with Crippen molar-refractivity contribution in [3.63, 3.8) is 0 Å². The Bertz CT molecular complexity index is 1240. The summed E-state index contributed by atoms with van der Waals surface area (Å²) < 4.78 is 5.58. The van der Waals surface area contributed by atoms with Gasteiger partial charge in [0, 0.05) is 35.0 Å². The van der Waals surface area contributed by atoms with E-state index in [-0.39, 0.29) is 0 Å². The van der Waals surface area contributed by atoms with Gasteiger partial charge >= 0.3 is 5.97 Å². The van der Waals surface area contributed by atoms with Crippen molar-refractivity contribution >= 4 is 28.1 Å². The lowest BCUT2D eigenvalue weighted by atomic mass is 9.88. The molecule has 0 fully saturated rings. The van der Waals surface area contributed by atoms with Crippen molar-refractivity contribution in [1.29, 1.82) is 0 Å². The van der Waals surface area contributed by atoms with Crippen LogP contribution in [0.15, 0.2) is 91.8 Å². The Kier molecular flexibility index (Phi) is 5.57. The van der Waals surface area contributed by atoms with Crippen LogP contribution >= 0.6 is 0 Å². The Morgan fingerprint density at radius 1 is 1.07 bits per heavy atom. The number of para-hydroxylation sites is 1. The zero-order valence-corrected chi connectivity index (χ0v) is 16.8. The van der Waals surface area contributed by atoms with Crippen LogP contribution in [-0.2, 0) is 4.79 Å². The van der Waals surface area contributed by atoms with Crippen LogP contribution < -0.4 is 4.74 Å². The average Bonchev–Trinajstić information content (AvgIpc) is 3.26. The molecule has 2 heterocycles. The third-order valence-corrected chi connectivity index (χ3v) is 5.00. The third-order valence-electron chi connectivity index (χ3n) is 5.00. The molecule has 4 rings (SSSR count). The lowest BCUT2D eigenvalue weighted by Crippen LogP contribution is -2.06. The topological polar surface area (TPSA) is 55.0 Å². The molecule has 2 aromatic heterocycles. The molecule has 0 spiro atoms. The van der Waals surface area contributed by atoms with Gasteiger partial charge in [-0.3, -0.25) is 0 Å². The van der Waals surface area contributed by atoms with E-state index in [9.17, 15) is 4.79 Å². The summed E-state index contributed by atoms with van der Waals surface area (Å²) in [5.41, 5.74) is 5.90. The molecule has 30 heavy (non-hydrogen) atoms. The van der Waals surface area contributed by atoms with E-state index >= 15 is 0 Å². The SMILES string of the molecule is C=CC(=O)Oc1ccccc1/C(=C(\CC)c1ccccc1)c1cnc2[nH]ccc2c1. The van der Waals surface area contributed by atoms with E-state index in [1.807, 2.05) is 54.9 Å². The van der Waals surface area contributed by atoms with E-state index in [1.54, 1.807) is 6.07 Å². The minimum atomic E-state index is -0.487. The van der Waals surface area contributed by atoms with Crippen molar-refractivity contribution in [2.75, 3.05) is 0 Å². The monoisotopic (exact) mass is 394 g/mol. The molecule has 0 aliphatic heterocycles. The molecule has 4 aromatic rings. The minimum Gasteiger partial charge on any atom is -0.423 e. The van der Waals surface area contributed by atoms with Crippen LogP contribution in [0, 0.1) is 0 Å². The fourth-order valence-corrected chi connectivity index (χ4v) is 3.65. The van der Waals surface area contributed by atoms with Crippen molar-refractivity contribution in [1.82, 2.24) is 9.97 Å². The number of carbonyl (C=O) groups is 1. The summed E-state index contributed by atoms with van der Waals surface area (Å²) in [6, 6.07) is 21.9. The van der Waals surface area contributed by atoms with Gasteiger partial charge in [0.1, 0.15) is 11.4 Å². The van der Waals surface area contributed by atoms with Gasteiger partial charge in [-0.25, -0.2) is 9.78 Å². The molecule has 0 bridgehead atoms. The first-order valence-electron chi connectivity index (χ1n) is 9.87. The lowest BCUT2D eigenvalue weighted by molar-refractivity contribution is -0.128. The summed E-state index contributed by atoms with van der Waals surface area (Å²) in [5, 5.41) is 1.02. The van der Waals surface area contributed by atoms with Gasteiger partial charge in [-0.15, -0.1) is 0 Å². The zero-order chi connectivity index (χ0) is 20.9. The number of hydrogen-bond acceptors (Lipinski definition) is 3. The molecule has 0 radical (unpaired) electrons. The fourth-order valence-electron chi connectivity index (χ4n) is 3.65. The number of ether oxygens (including phenoxy) is 1. The number of pyridine rings is 1. The number of rotatable bonds is 6. The molecule has 4 nitrogen and oxygen atoms in total. The number of nitrogens with one attached hydrogen (secondary N) is 1. The smallest absolute Gasteiger partial charge is 0.335 e. The van der Waals surface area contributed by atoms with Gasteiger partial charge in [-0.2, -0.15) is 0 Å². The van der Waals surface area contributed by atoms with Crippen molar-refractivity contribution in [3.05, 3.63) is 108 Å². The molecule has 2 aromatic carbocycles. The predicted molar refractivity (Wildman–Crippen MR) is 121 cm³/mol. The van der Waals surface area contributed by atoms with E-state index in [0.717, 1.165) is 45.3 Å². The second kappa shape index (κ2) is 8.62. The Balaban J connectivity index is 2.01. The van der Waals surface area contributed by atoms with Crippen LogP contribution in [-0.4, -0.2) is 15.9 Å². The average molecular weight is 394 g/mol. The van der Waals surface area contributed by atoms with E-state index in [1.165, 1.54) is 6.08 Å². The number of allylic oxidation sites excluding steroid dienone is 1. The van der Waals surface area contributed by atoms with Crippen molar-refractivity contribution in [2.45, 2.75) is 13.3 Å². The molecule has 4 heteroatoms. The maximum absolute atomic E-state index is 12.0. The van der Waals surface area contributed by atoms with Crippen LogP contribution in [0.25, 0.3) is 22.2 Å². The summed E-state index contributed by atoms with van der Waals surface area (Å²) in [7, 11) is 0. The third kappa shape index (κ3) is 3.80. The Morgan fingerprint density at radius 3 is 2.60 bits per heavy atom. The highest BCUT2D eigenvalue weighted by Gasteiger charge is 2.18. The maximum atomic E-state index is 12.0. The molecular weight excluding hydrogens is 372 g/mol. The molecule has 0 saturated heterocycles.